The van der Waals surface area contributed by atoms with Crippen LogP contribution in [0.4, 0.5) is 21.1 Å². The molecular weight excluding hydrogens is 456 g/mol. The quantitative estimate of drug-likeness (QED) is 0.243. The summed E-state index contributed by atoms with van der Waals surface area (Å²) in [5, 5.41) is 18.3. The highest BCUT2D eigenvalue weighted by atomic mass is 16.7. The number of benzene rings is 1. The SMILES string of the molecule is CC(C)(C)OC(=O)Nc1cc([C@H]2CC[C@@H](OC(=O)Oc3ccc([N+](=O)[O-])cc3)C2)nn1C(C)(C)C. The van der Waals surface area contributed by atoms with Gasteiger partial charge in [-0.3, -0.25) is 15.4 Å². The highest BCUT2D eigenvalue weighted by Gasteiger charge is 2.33. The van der Waals surface area contributed by atoms with Gasteiger partial charge in [0, 0.05) is 24.1 Å². The molecule has 0 radical (unpaired) electrons. The monoisotopic (exact) mass is 488 g/mol. The molecule has 0 aliphatic heterocycles. The summed E-state index contributed by atoms with van der Waals surface area (Å²) in [6, 6.07) is 7.02. The molecule has 0 bridgehead atoms. The Morgan fingerprint density at radius 1 is 1.11 bits per heavy atom. The first-order valence-corrected chi connectivity index (χ1v) is 11.4. The maximum absolute atomic E-state index is 12.3. The molecule has 1 aliphatic rings. The summed E-state index contributed by atoms with van der Waals surface area (Å²) in [5.41, 5.74) is -0.315. The molecule has 0 spiro atoms. The van der Waals surface area contributed by atoms with Gasteiger partial charge in [-0.1, -0.05) is 0 Å². The van der Waals surface area contributed by atoms with Gasteiger partial charge >= 0.3 is 12.2 Å². The minimum absolute atomic E-state index is 0.0370. The number of non-ortho nitro benzene ring substituents is 1. The summed E-state index contributed by atoms with van der Waals surface area (Å²) in [4.78, 5) is 34.7. The highest BCUT2D eigenvalue weighted by Crippen LogP contribution is 2.37. The molecule has 11 heteroatoms. The zero-order valence-corrected chi connectivity index (χ0v) is 20.9. The fourth-order valence-corrected chi connectivity index (χ4v) is 3.82. The molecule has 2 atom stereocenters. The van der Waals surface area contributed by atoms with Crippen molar-refractivity contribution in [3.8, 4) is 5.75 Å². The van der Waals surface area contributed by atoms with Crippen molar-refractivity contribution in [2.24, 2.45) is 0 Å². The Morgan fingerprint density at radius 2 is 1.77 bits per heavy atom. The first-order valence-electron chi connectivity index (χ1n) is 11.4. The van der Waals surface area contributed by atoms with E-state index in [-0.39, 0.29) is 29.0 Å². The minimum atomic E-state index is -0.864. The van der Waals surface area contributed by atoms with Gasteiger partial charge in [0.25, 0.3) is 5.69 Å². The molecule has 190 valence electrons. The third kappa shape index (κ3) is 7.17. The summed E-state index contributed by atoms with van der Waals surface area (Å²) >= 11 is 0. The van der Waals surface area contributed by atoms with Crippen LogP contribution in [0.2, 0.25) is 0 Å². The second-order valence-corrected chi connectivity index (χ2v) is 10.5. The Labute approximate surface area is 203 Å². The van der Waals surface area contributed by atoms with Gasteiger partial charge in [-0.15, -0.1) is 0 Å². The molecule has 11 nitrogen and oxygen atoms in total. The molecule has 0 saturated heterocycles. The van der Waals surface area contributed by atoms with Crippen LogP contribution in [-0.4, -0.2) is 38.7 Å². The van der Waals surface area contributed by atoms with Crippen LogP contribution < -0.4 is 10.1 Å². The topological polar surface area (TPSA) is 135 Å². The average Bonchev–Trinajstić information content (AvgIpc) is 3.33. The van der Waals surface area contributed by atoms with E-state index in [4.69, 9.17) is 19.3 Å². The number of nitrogens with one attached hydrogen (secondary N) is 1. The molecule has 1 amide bonds. The molecule has 35 heavy (non-hydrogen) atoms. The highest BCUT2D eigenvalue weighted by molar-refractivity contribution is 5.84. The number of rotatable bonds is 5. The molecule has 1 saturated carbocycles. The van der Waals surface area contributed by atoms with Crippen LogP contribution in [0.1, 0.15) is 72.4 Å². The number of hydrogen-bond acceptors (Lipinski definition) is 8. The van der Waals surface area contributed by atoms with E-state index >= 15 is 0 Å². The molecule has 1 fully saturated rings. The Kier molecular flexibility index (Phi) is 7.37. The van der Waals surface area contributed by atoms with Crippen LogP contribution in [0.25, 0.3) is 0 Å². The molecule has 1 aromatic carbocycles. The van der Waals surface area contributed by atoms with Gasteiger partial charge in [0.05, 0.1) is 16.2 Å². The lowest BCUT2D eigenvalue weighted by Crippen LogP contribution is -2.30. The number of nitrogens with zero attached hydrogens (tertiary/aromatic N) is 3. The third-order valence-corrected chi connectivity index (χ3v) is 5.31. The van der Waals surface area contributed by atoms with E-state index < -0.39 is 22.8 Å². The maximum Gasteiger partial charge on any atom is 0.514 e. The predicted molar refractivity (Wildman–Crippen MR) is 128 cm³/mol. The largest absolute Gasteiger partial charge is 0.514 e. The number of hydrogen-bond donors (Lipinski definition) is 1. The van der Waals surface area contributed by atoms with Crippen molar-refractivity contribution in [2.75, 3.05) is 5.32 Å². The molecule has 1 heterocycles. The van der Waals surface area contributed by atoms with Crippen molar-refractivity contribution in [3.05, 3.63) is 46.1 Å². The lowest BCUT2D eigenvalue weighted by Gasteiger charge is -2.24. The summed E-state index contributed by atoms with van der Waals surface area (Å²) in [7, 11) is 0. The van der Waals surface area contributed by atoms with E-state index in [1.807, 2.05) is 26.8 Å². The van der Waals surface area contributed by atoms with Crippen molar-refractivity contribution in [1.29, 1.82) is 0 Å². The van der Waals surface area contributed by atoms with Gasteiger partial charge in [-0.05, 0) is 72.9 Å². The third-order valence-electron chi connectivity index (χ3n) is 5.31. The number of amides is 1. The fourth-order valence-electron chi connectivity index (χ4n) is 3.82. The standard InChI is InChI=1S/C24H32N4O7/c1-23(2,3)27-20(25-21(29)35-24(4,5)6)14-19(26-27)15-7-10-18(13-15)34-22(30)33-17-11-8-16(9-12-17)28(31)32/h8-9,11-12,14-15,18H,7,10,13H2,1-6H3,(H,25,29)/t15-,18+/m0/s1. The molecule has 1 N–H and O–H groups in total. The summed E-state index contributed by atoms with van der Waals surface area (Å²) < 4.78 is 17.7. The first-order chi connectivity index (χ1) is 16.2. The summed E-state index contributed by atoms with van der Waals surface area (Å²) in [5.74, 6) is 0.732. The van der Waals surface area contributed by atoms with Crippen LogP contribution in [0.15, 0.2) is 30.3 Å². The van der Waals surface area contributed by atoms with E-state index in [2.05, 4.69) is 5.32 Å². The van der Waals surface area contributed by atoms with Crippen molar-refractivity contribution < 1.29 is 28.7 Å². The van der Waals surface area contributed by atoms with E-state index in [0.29, 0.717) is 18.7 Å². The van der Waals surface area contributed by atoms with Crippen molar-refractivity contribution >= 4 is 23.8 Å². The second kappa shape index (κ2) is 9.93. The van der Waals surface area contributed by atoms with Crippen LogP contribution in [-0.2, 0) is 15.0 Å². The second-order valence-electron chi connectivity index (χ2n) is 10.5. The molecule has 2 aromatic rings. The zero-order valence-electron chi connectivity index (χ0n) is 20.9. The normalized spacial score (nSPS) is 18.1. The number of carbonyl (C=O) groups excluding carboxylic acids is 2. The Balaban J connectivity index is 1.63. The van der Waals surface area contributed by atoms with E-state index in [1.165, 1.54) is 24.3 Å². The van der Waals surface area contributed by atoms with E-state index in [1.54, 1.807) is 25.5 Å². The van der Waals surface area contributed by atoms with Crippen LogP contribution >= 0.6 is 0 Å². The smallest absolute Gasteiger partial charge is 0.444 e. The van der Waals surface area contributed by atoms with E-state index in [9.17, 15) is 19.7 Å². The zero-order chi connectivity index (χ0) is 26.0. The Hall–Kier alpha value is -3.63. The van der Waals surface area contributed by atoms with Gasteiger partial charge in [0.2, 0.25) is 0 Å². The van der Waals surface area contributed by atoms with Crippen LogP contribution in [0.3, 0.4) is 0 Å². The number of nitro benzene ring substituents is 1. The van der Waals surface area contributed by atoms with Gasteiger partial charge in [-0.25, -0.2) is 14.3 Å². The number of aromatic nitrogens is 2. The number of anilines is 1. The van der Waals surface area contributed by atoms with Gasteiger partial charge in [0.15, 0.2) is 0 Å². The summed E-state index contributed by atoms with van der Waals surface area (Å²) in [6.45, 7) is 11.3. The number of ether oxygens (including phenoxy) is 3. The average molecular weight is 489 g/mol. The Bertz CT molecular complexity index is 1080. The number of carbonyl (C=O) groups is 2. The summed E-state index contributed by atoms with van der Waals surface area (Å²) in [6.07, 6.45) is 0.169. The van der Waals surface area contributed by atoms with Crippen molar-refractivity contribution in [3.63, 3.8) is 0 Å². The molecule has 3 rings (SSSR count). The lowest BCUT2D eigenvalue weighted by atomic mass is 10.0. The van der Waals surface area contributed by atoms with Crippen molar-refractivity contribution in [2.45, 2.75) is 84.0 Å². The van der Waals surface area contributed by atoms with Crippen molar-refractivity contribution in [1.82, 2.24) is 9.78 Å². The minimum Gasteiger partial charge on any atom is -0.444 e. The fraction of sp³-hybridized carbons (Fsp3) is 0.542. The number of nitro groups is 1. The molecule has 1 aromatic heterocycles. The Morgan fingerprint density at radius 3 is 2.34 bits per heavy atom. The van der Waals surface area contributed by atoms with Crippen LogP contribution in [0, 0.1) is 10.1 Å². The molecule has 1 aliphatic carbocycles. The molecule has 0 unspecified atom stereocenters. The predicted octanol–water partition coefficient (Wildman–Crippen LogP) is 5.75. The van der Waals surface area contributed by atoms with Gasteiger partial charge in [0.1, 0.15) is 23.3 Å². The maximum atomic E-state index is 12.3. The van der Waals surface area contributed by atoms with E-state index in [0.717, 1.165) is 12.1 Å². The molecular formula is C24H32N4O7. The van der Waals surface area contributed by atoms with Gasteiger partial charge in [-0.2, -0.15) is 5.10 Å². The van der Waals surface area contributed by atoms with Gasteiger partial charge < -0.3 is 14.2 Å². The van der Waals surface area contributed by atoms with Crippen LogP contribution in [0.5, 0.6) is 5.75 Å². The lowest BCUT2D eigenvalue weighted by molar-refractivity contribution is -0.384. The first kappa shape index (κ1) is 26.0.